The summed E-state index contributed by atoms with van der Waals surface area (Å²) in [5.74, 6) is -2.85. The minimum Gasteiger partial charge on any atom is -0.507 e. The molecule has 1 saturated heterocycles. The maximum absolute atomic E-state index is 13.6. The summed E-state index contributed by atoms with van der Waals surface area (Å²) < 4.78 is 24.6. The Morgan fingerprint density at radius 1 is 1.13 bits per heavy atom. The number of rotatable bonds is 10. The lowest BCUT2D eigenvalue weighted by Gasteiger charge is -2.23. The van der Waals surface area contributed by atoms with E-state index in [-0.39, 0.29) is 27.8 Å². The van der Waals surface area contributed by atoms with Crippen LogP contribution in [0.15, 0.2) is 54.1 Å². The molecule has 39 heavy (non-hydrogen) atoms. The number of amides is 1. The van der Waals surface area contributed by atoms with Crippen molar-refractivity contribution in [3.63, 3.8) is 0 Å². The second-order valence-electron chi connectivity index (χ2n) is 8.94. The van der Waals surface area contributed by atoms with Crippen LogP contribution in [0.1, 0.15) is 65.6 Å². The van der Waals surface area contributed by atoms with Crippen LogP contribution in [-0.4, -0.2) is 41.0 Å². The molecule has 1 aliphatic heterocycles. The Morgan fingerprint density at radius 3 is 2.56 bits per heavy atom. The topological polar surface area (TPSA) is 106 Å². The number of unbranched alkanes of at least 4 members (excludes halogenated alkanes) is 2. The van der Waals surface area contributed by atoms with Gasteiger partial charge in [0.1, 0.15) is 22.2 Å². The van der Waals surface area contributed by atoms with Crippen molar-refractivity contribution in [2.45, 2.75) is 46.1 Å². The van der Waals surface area contributed by atoms with E-state index in [0.29, 0.717) is 23.6 Å². The number of aromatic nitrogens is 1. The first kappa shape index (κ1) is 28.0. The van der Waals surface area contributed by atoms with Gasteiger partial charge in [0.2, 0.25) is 0 Å². The lowest BCUT2D eigenvalue weighted by Crippen LogP contribution is -2.29. The molecule has 8 nitrogen and oxygen atoms in total. The van der Waals surface area contributed by atoms with E-state index < -0.39 is 35.3 Å². The highest BCUT2D eigenvalue weighted by Gasteiger charge is 2.48. The van der Waals surface area contributed by atoms with Gasteiger partial charge in [-0.2, -0.15) is 0 Å². The zero-order chi connectivity index (χ0) is 28.1. The molecule has 0 spiro atoms. The number of aryl methyl sites for hydroxylation is 1. The number of carbonyl (C=O) groups excluding carboxylic acids is 3. The second-order valence-corrected chi connectivity index (χ2v) is 9.91. The number of nitrogens with zero attached hydrogens (tertiary/aromatic N) is 2. The van der Waals surface area contributed by atoms with Crippen LogP contribution in [0.3, 0.4) is 0 Å². The predicted molar refractivity (Wildman–Crippen MR) is 145 cm³/mol. The van der Waals surface area contributed by atoms with Crippen molar-refractivity contribution >= 4 is 39.9 Å². The zero-order valence-electron chi connectivity index (χ0n) is 21.9. The van der Waals surface area contributed by atoms with Gasteiger partial charge in [0.15, 0.2) is 5.13 Å². The number of aliphatic hydroxyl groups is 1. The number of hydrogen-bond donors (Lipinski definition) is 1. The normalized spacial score (nSPS) is 16.5. The molecule has 3 aromatic rings. The van der Waals surface area contributed by atoms with E-state index >= 15 is 0 Å². The smallest absolute Gasteiger partial charge is 0.350 e. The van der Waals surface area contributed by atoms with Gasteiger partial charge in [-0.1, -0.05) is 43.2 Å². The van der Waals surface area contributed by atoms with Gasteiger partial charge in [0.05, 0.1) is 30.5 Å². The Morgan fingerprint density at radius 2 is 1.87 bits per heavy atom. The summed E-state index contributed by atoms with van der Waals surface area (Å²) in [6.07, 6.45) is 2.94. The maximum Gasteiger partial charge on any atom is 0.350 e. The van der Waals surface area contributed by atoms with Crippen molar-refractivity contribution in [1.29, 1.82) is 0 Å². The standard InChI is InChI=1S/C29H29FN2O6S/c1-4-6-7-15-38-21-10-8-9-19(16-21)23-22(24(33)18-11-13-20(30)14-12-18)25(34)27(35)32(23)29-31-17(3)26(39-29)28(36)37-5-2/h8-14,16,23,33H,4-7,15H2,1-3H3. The minimum absolute atomic E-state index is 0.107. The summed E-state index contributed by atoms with van der Waals surface area (Å²) in [6.45, 7) is 6.06. The molecule has 0 bridgehead atoms. The van der Waals surface area contributed by atoms with E-state index in [0.717, 1.165) is 42.7 Å². The quantitative estimate of drug-likeness (QED) is 0.109. The predicted octanol–water partition coefficient (Wildman–Crippen LogP) is 5.96. The van der Waals surface area contributed by atoms with Crippen LogP contribution >= 0.6 is 11.3 Å². The summed E-state index contributed by atoms with van der Waals surface area (Å²) in [6, 6.07) is 10.8. The van der Waals surface area contributed by atoms with Crippen LogP contribution in [0.2, 0.25) is 0 Å². The number of benzene rings is 2. The van der Waals surface area contributed by atoms with Gasteiger partial charge >= 0.3 is 11.9 Å². The Kier molecular flexibility index (Phi) is 8.75. The highest BCUT2D eigenvalue weighted by molar-refractivity contribution is 7.17. The molecular weight excluding hydrogens is 523 g/mol. The molecule has 204 valence electrons. The fraction of sp³-hybridized carbons (Fsp3) is 0.310. The molecule has 2 heterocycles. The van der Waals surface area contributed by atoms with Gasteiger partial charge in [0, 0.05) is 5.56 Å². The fourth-order valence-corrected chi connectivity index (χ4v) is 5.28. The average Bonchev–Trinajstić information content (AvgIpc) is 3.43. The number of esters is 1. The van der Waals surface area contributed by atoms with E-state index in [1.165, 1.54) is 17.0 Å². The monoisotopic (exact) mass is 552 g/mol. The molecule has 1 atom stereocenters. The molecule has 1 fully saturated rings. The van der Waals surface area contributed by atoms with Crippen LogP contribution in [0.5, 0.6) is 5.75 Å². The Balaban J connectivity index is 1.84. The van der Waals surface area contributed by atoms with Crippen LogP contribution in [-0.2, 0) is 14.3 Å². The number of halogens is 1. The molecule has 1 aromatic heterocycles. The van der Waals surface area contributed by atoms with Gasteiger partial charge in [-0.05, 0) is 62.2 Å². The SMILES string of the molecule is CCCCCOc1cccc(C2C(=C(O)c3ccc(F)cc3)C(=O)C(=O)N2c2nc(C)c(C(=O)OCC)s2)c1. The lowest BCUT2D eigenvalue weighted by molar-refractivity contribution is -0.132. The first-order valence-corrected chi connectivity index (χ1v) is 13.5. The summed E-state index contributed by atoms with van der Waals surface area (Å²) in [4.78, 5) is 45.1. The van der Waals surface area contributed by atoms with Crippen LogP contribution < -0.4 is 9.64 Å². The van der Waals surface area contributed by atoms with E-state index in [1.54, 1.807) is 38.1 Å². The van der Waals surface area contributed by atoms with E-state index in [1.807, 2.05) is 0 Å². The number of ketones is 1. The van der Waals surface area contributed by atoms with E-state index in [2.05, 4.69) is 11.9 Å². The van der Waals surface area contributed by atoms with Crippen molar-refractivity contribution in [3.8, 4) is 5.75 Å². The fourth-order valence-electron chi connectivity index (χ4n) is 4.30. The number of Topliss-reactive ketones (excluding diaryl/α,β-unsaturated/α-hetero) is 1. The van der Waals surface area contributed by atoms with Crippen LogP contribution in [0.25, 0.3) is 5.76 Å². The largest absolute Gasteiger partial charge is 0.507 e. The highest BCUT2D eigenvalue weighted by atomic mass is 32.1. The minimum atomic E-state index is -1.07. The second kappa shape index (κ2) is 12.2. The molecule has 1 N–H and O–H groups in total. The molecule has 2 aromatic carbocycles. The Labute approximate surface area is 229 Å². The van der Waals surface area contributed by atoms with Gasteiger partial charge in [-0.3, -0.25) is 14.5 Å². The van der Waals surface area contributed by atoms with Crippen molar-refractivity contribution in [2.24, 2.45) is 0 Å². The number of carbonyl (C=O) groups is 3. The summed E-state index contributed by atoms with van der Waals surface area (Å²) in [7, 11) is 0. The van der Waals surface area contributed by atoms with E-state index in [9.17, 15) is 23.9 Å². The van der Waals surface area contributed by atoms with Gasteiger partial charge in [0.25, 0.3) is 5.78 Å². The molecule has 0 radical (unpaired) electrons. The molecule has 1 amide bonds. The molecule has 0 aliphatic carbocycles. The van der Waals surface area contributed by atoms with Gasteiger partial charge in [-0.25, -0.2) is 14.2 Å². The molecule has 10 heteroatoms. The third-order valence-corrected chi connectivity index (χ3v) is 7.34. The molecule has 1 aliphatic rings. The maximum atomic E-state index is 13.6. The molecular formula is C29H29FN2O6S. The first-order chi connectivity index (χ1) is 18.8. The third kappa shape index (κ3) is 5.85. The molecule has 4 rings (SSSR count). The van der Waals surface area contributed by atoms with Crippen molar-refractivity contribution in [1.82, 2.24) is 4.98 Å². The number of thiazole rings is 1. The number of hydrogen-bond acceptors (Lipinski definition) is 8. The Hall–Kier alpha value is -4.05. The van der Waals surface area contributed by atoms with Crippen molar-refractivity contribution in [3.05, 3.63) is 81.6 Å². The summed E-state index contributed by atoms with van der Waals surface area (Å²) in [5.41, 5.74) is 0.839. The number of anilines is 1. The zero-order valence-corrected chi connectivity index (χ0v) is 22.7. The molecule has 1 unspecified atom stereocenters. The third-order valence-electron chi connectivity index (χ3n) is 6.20. The average molecular weight is 553 g/mol. The Bertz CT molecular complexity index is 1420. The highest BCUT2D eigenvalue weighted by Crippen LogP contribution is 2.44. The van der Waals surface area contributed by atoms with E-state index in [4.69, 9.17) is 9.47 Å². The van der Waals surface area contributed by atoms with Crippen LogP contribution in [0.4, 0.5) is 9.52 Å². The van der Waals surface area contributed by atoms with Crippen LogP contribution in [0, 0.1) is 12.7 Å². The van der Waals surface area contributed by atoms with Crippen molar-refractivity contribution < 1.29 is 33.4 Å². The number of ether oxygens (including phenoxy) is 2. The van der Waals surface area contributed by atoms with Crippen molar-refractivity contribution in [2.75, 3.05) is 18.1 Å². The number of aliphatic hydroxyl groups excluding tert-OH is 1. The lowest BCUT2D eigenvalue weighted by atomic mass is 9.95. The summed E-state index contributed by atoms with van der Waals surface area (Å²) in [5, 5.41) is 11.3. The summed E-state index contributed by atoms with van der Waals surface area (Å²) >= 11 is 0.926. The van der Waals surface area contributed by atoms with Gasteiger partial charge in [-0.15, -0.1) is 0 Å². The van der Waals surface area contributed by atoms with Gasteiger partial charge < -0.3 is 14.6 Å². The molecule has 0 saturated carbocycles. The first-order valence-electron chi connectivity index (χ1n) is 12.7.